The van der Waals surface area contributed by atoms with Gasteiger partial charge in [0, 0.05) is 25.7 Å². The predicted molar refractivity (Wildman–Crippen MR) is 74.8 cm³/mol. The number of nitrogens with zero attached hydrogens (tertiary/aromatic N) is 2. The van der Waals surface area contributed by atoms with Crippen molar-refractivity contribution < 1.29 is 4.74 Å². The second-order valence-corrected chi connectivity index (χ2v) is 5.12. The van der Waals surface area contributed by atoms with Gasteiger partial charge in [-0.25, -0.2) is 0 Å². The fourth-order valence-electron chi connectivity index (χ4n) is 2.29. The largest absolute Gasteiger partial charge is 0.374 e. The van der Waals surface area contributed by atoms with Crippen LogP contribution in [0.15, 0.2) is 24.3 Å². The molecule has 1 aliphatic heterocycles. The lowest BCUT2D eigenvalue weighted by atomic mass is 10.1. The van der Waals surface area contributed by atoms with Crippen LogP contribution in [0.5, 0.6) is 0 Å². The standard InChI is InChI=1S/C15H21N3O/c1-12(14-5-3-4-13(8-14)9-16)17-10-15-11-18(2)6-7-19-15/h3-5,8,12,15,17H,6-7,10-11H2,1-2H3. The molecule has 2 rings (SSSR count). The third kappa shape index (κ3) is 4.03. The van der Waals surface area contributed by atoms with Gasteiger partial charge < -0.3 is 15.0 Å². The summed E-state index contributed by atoms with van der Waals surface area (Å²) < 4.78 is 5.72. The van der Waals surface area contributed by atoms with Crippen molar-refractivity contribution in [2.75, 3.05) is 33.3 Å². The lowest BCUT2D eigenvalue weighted by Crippen LogP contribution is -2.45. The molecular weight excluding hydrogens is 238 g/mol. The number of benzene rings is 1. The van der Waals surface area contributed by atoms with Crippen LogP contribution in [-0.2, 0) is 4.74 Å². The Morgan fingerprint density at radius 2 is 2.42 bits per heavy atom. The number of rotatable bonds is 4. The van der Waals surface area contributed by atoms with Gasteiger partial charge in [0.05, 0.1) is 24.3 Å². The number of nitriles is 1. The van der Waals surface area contributed by atoms with Gasteiger partial charge >= 0.3 is 0 Å². The second kappa shape index (κ2) is 6.67. The summed E-state index contributed by atoms with van der Waals surface area (Å²) in [6.07, 6.45) is 0.250. The molecule has 2 unspecified atom stereocenters. The molecule has 0 aliphatic carbocycles. The van der Waals surface area contributed by atoms with Crippen molar-refractivity contribution in [1.29, 1.82) is 5.26 Å². The first-order chi connectivity index (χ1) is 9.19. The minimum absolute atomic E-state index is 0.226. The van der Waals surface area contributed by atoms with Gasteiger partial charge in [-0.1, -0.05) is 12.1 Å². The summed E-state index contributed by atoms with van der Waals surface area (Å²) in [5.74, 6) is 0. The molecule has 0 bridgehead atoms. The summed E-state index contributed by atoms with van der Waals surface area (Å²) in [6.45, 7) is 5.74. The zero-order valence-corrected chi connectivity index (χ0v) is 11.6. The number of hydrogen-bond donors (Lipinski definition) is 1. The fraction of sp³-hybridized carbons (Fsp3) is 0.533. The molecule has 0 spiro atoms. The molecule has 1 heterocycles. The summed E-state index contributed by atoms with van der Waals surface area (Å²) in [4.78, 5) is 2.29. The molecule has 1 aromatic rings. The first-order valence-electron chi connectivity index (χ1n) is 6.72. The molecular formula is C15H21N3O. The molecule has 102 valence electrons. The molecule has 1 aromatic carbocycles. The second-order valence-electron chi connectivity index (χ2n) is 5.12. The minimum atomic E-state index is 0.226. The van der Waals surface area contributed by atoms with Crippen molar-refractivity contribution in [3.8, 4) is 6.07 Å². The Bertz CT molecular complexity index is 455. The maximum Gasteiger partial charge on any atom is 0.0991 e. The van der Waals surface area contributed by atoms with E-state index in [9.17, 15) is 0 Å². The lowest BCUT2D eigenvalue weighted by molar-refractivity contribution is -0.0190. The smallest absolute Gasteiger partial charge is 0.0991 e. The first kappa shape index (κ1) is 14.0. The van der Waals surface area contributed by atoms with Crippen molar-refractivity contribution in [3.05, 3.63) is 35.4 Å². The average Bonchev–Trinajstić information content (AvgIpc) is 2.45. The van der Waals surface area contributed by atoms with Gasteiger partial charge in [0.2, 0.25) is 0 Å². The highest BCUT2D eigenvalue weighted by Gasteiger charge is 2.18. The van der Waals surface area contributed by atoms with Gasteiger partial charge in [-0.05, 0) is 31.7 Å². The molecule has 1 saturated heterocycles. The van der Waals surface area contributed by atoms with Gasteiger partial charge in [0.25, 0.3) is 0 Å². The van der Waals surface area contributed by atoms with Gasteiger partial charge in [0.15, 0.2) is 0 Å². The Morgan fingerprint density at radius 3 is 3.16 bits per heavy atom. The molecule has 2 atom stereocenters. The lowest BCUT2D eigenvalue weighted by Gasteiger charge is -2.31. The summed E-state index contributed by atoms with van der Waals surface area (Å²) in [6, 6.07) is 10.1. The van der Waals surface area contributed by atoms with E-state index >= 15 is 0 Å². The van der Waals surface area contributed by atoms with Crippen molar-refractivity contribution in [2.24, 2.45) is 0 Å². The summed E-state index contributed by atoms with van der Waals surface area (Å²) in [5.41, 5.74) is 1.85. The molecule has 19 heavy (non-hydrogen) atoms. The molecule has 4 nitrogen and oxygen atoms in total. The van der Waals surface area contributed by atoms with Crippen LogP contribution >= 0.6 is 0 Å². The maximum atomic E-state index is 8.91. The molecule has 0 aromatic heterocycles. The highest BCUT2D eigenvalue weighted by molar-refractivity contribution is 5.34. The van der Waals surface area contributed by atoms with E-state index in [0.717, 1.165) is 31.8 Å². The van der Waals surface area contributed by atoms with E-state index in [1.54, 1.807) is 0 Å². The van der Waals surface area contributed by atoms with E-state index in [4.69, 9.17) is 10.00 Å². The molecule has 0 saturated carbocycles. The van der Waals surface area contributed by atoms with E-state index in [-0.39, 0.29) is 12.1 Å². The monoisotopic (exact) mass is 259 g/mol. The van der Waals surface area contributed by atoms with Crippen LogP contribution in [0.4, 0.5) is 0 Å². The molecule has 0 radical (unpaired) electrons. The quantitative estimate of drug-likeness (QED) is 0.891. The van der Waals surface area contributed by atoms with E-state index in [1.165, 1.54) is 0 Å². The van der Waals surface area contributed by atoms with Crippen molar-refractivity contribution in [3.63, 3.8) is 0 Å². The topological polar surface area (TPSA) is 48.3 Å². The van der Waals surface area contributed by atoms with Crippen LogP contribution < -0.4 is 5.32 Å². The van der Waals surface area contributed by atoms with Crippen molar-refractivity contribution in [2.45, 2.75) is 19.1 Å². The number of morpholine rings is 1. The average molecular weight is 259 g/mol. The Balaban J connectivity index is 1.86. The number of nitrogens with one attached hydrogen (secondary N) is 1. The molecule has 1 aliphatic rings. The first-order valence-corrected chi connectivity index (χ1v) is 6.72. The van der Waals surface area contributed by atoms with Crippen LogP contribution in [0.1, 0.15) is 24.1 Å². The molecule has 1 N–H and O–H groups in total. The van der Waals surface area contributed by atoms with Gasteiger partial charge in [-0.2, -0.15) is 5.26 Å². The van der Waals surface area contributed by atoms with Crippen LogP contribution in [-0.4, -0.2) is 44.3 Å². The van der Waals surface area contributed by atoms with Gasteiger partial charge in [0.1, 0.15) is 0 Å². The third-order valence-corrected chi connectivity index (χ3v) is 3.51. The molecule has 4 heteroatoms. The number of likely N-dealkylation sites (N-methyl/N-ethyl adjacent to an activating group) is 1. The number of ether oxygens (including phenoxy) is 1. The van der Waals surface area contributed by atoms with Crippen LogP contribution in [0.25, 0.3) is 0 Å². The Hall–Kier alpha value is -1.41. The van der Waals surface area contributed by atoms with E-state index in [1.807, 2.05) is 24.3 Å². The van der Waals surface area contributed by atoms with Crippen LogP contribution in [0.2, 0.25) is 0 Å². The van der Waals surface area contributed by atoms with E-state index in [2.05, 4.69) is 30.3 Å². The highest BCUT2D eigenvalue weighted by Crippen LogP contribution is 2.14. The zero-order chi connectivity index (χ0) is 13.7. The van der Waals surface area contributed by atoms with Crippen LogP contribution in [0.3, 0.4) is 0 Å². The highest BCUT2D eigenvalue weighted by atomic mass is 16.5. The molecule has 1 fully saturated rings. The van der Waals surface area contributed by atoms with Crippen LogP contribution in [0, 0.1) is 11.3 Å². The predicted octanol–water partition coefficient (Wildman–Crippen LogP) is 1.54. The van der Waals surface area contributed by atoms with Gasteiger partial charge in [-0.3, -0.25) is 0 Å². The summed E-state index contributed by atoms with van der Waals surface area (Å²) >= 11 is 0. The van der Waals surface area contributed by atoms with Gasteiger partial charge in [-0.15, -0.1) is 0 Å². The van der Waals surface area contributed by atoms with E-state index in [0.29, 0.717) is 5.56 Å². The van der Waals surface area contributed by atoms with E-state index < -0.39 is 0 Å². The fourth-order valence-corrected chi connectivity index (χ4v) is 2.29. The summed E-state index contributed by atoms with van der Waals surface area (Å²) in [5, 5.41) is 12.4. The third-order valence-electron chi connectivity index (χ3n) is 3.51. The SMILES string of the molecule is CC(NCC1CN(C)CCO1)c1cccc(C#N)c1. The normalized spacial score (nSPS) is 21.8. The van der Waals surface area contributed by atoms with Crippen molar-refractivity contribution in [1.82, 2.24) is 10.2 Å². The Morgan fingerprint density at radius 1 is 1.58 bits per heavy atom. The zero-order valence-electron chi connectivity index (χ0n) is 11.6. The van der Waals surface area contributed by atoms with Crippen molar-refractivity contribution >= 4 is 0 Å². The summed E-state index contributed by atoms with van der Waals surface area (Å²) in [7, 11) is 2.12. The maximum absolute atomic E-state index is 8.91. The Kier molecular flexibility index (Phi) is 4.92. The number of hydrogen-bond acceptors (Lipinski definition) is 4. The minimum Gasteiger partial charge on any atom is -0.374 e. The molecule has 0 amide bonds. The Labute approximate surface area is 115 Å².